The SMILES string of the molecule is CC#CC(CC(=O)O)c1ccc(OCc2ccc3scc(-c4ccc(OCCC(C)(C)O)cc4C)c3c2)cc1. The third kappa shape index (κ3) is 7.63. The van der Waals surface area contributed by atoms with Gasteiger partial charge in [-0.3, -0.25) is 4.79 Å². The van der Waals surface area contributed by atoms with Crippen molar-refractivity contribution in [3.8, 4) is 34.5 Å². The van der Waals surface area contributed by atoms with Gasteiger partial charge in [0, 0.05) is 22.1 Å². The first-order chi connectivity index (χ1) is 18.6. The molecule has 2 N–H and O–H groups in total. The molecule has 4 rings (SSSR count). The van der Waals surface area contributed by atoms with Crippen LogP contribution in [0.3, 0.4) is 0 Å². The lowest BCUT2D eigenvalue weighted by Gasteiger charge is -2.17. The number of ether oxygens (including phenoxy) is 2. The summed E-state index contributed by atoms with van der Waals surface area (Å²) >= 11 is 1.72. The van der Waals surface area contributed by atoms with Crippen LogP contribution < -0.4 is 9.47 Å². The molecule has 6 heteroatoms. The highest BCUT2D eigenvalue weighted by molar-refractivity contribution is 7.17. The molecule has 3 aromatic carbocycles. The Balaban J connectivity index is 1.46. The number of benzene rings is 3. The Morgan fingerprint density at radius 2 is 1.74 bits per heavy atom. The number of hydrogen-bond donors (Lipinski definition) is 2. The summed E-state index contributed by atoms with van der Waals surface area (Å²) < 4.78 is 13.1. The number of carboxylic acids is 1. The number of hydrogen-bond acceptors (Lipinski definition) is 5. The number of aryl methyl sites for hydroxylation is 1. The van der Waals surface area contributed by atoms with Crippen molar-refractivity contribution in [2.24, 2.45) is 0 Å². The van der Waals surface area contributed by atoms with E-state index in [-0.39, 0.29) is 12.3 Å². The first kappa shape index (κ1) is 28.2. The number of carboxylic acid groups (broad SMARTS) is 1. The van der Waals surface area contributed by atoms with Crippen LogP contribution in [0.2, 0.25) is 0 Å². The van der Waals surface area contributed by atoms with Gasteiger partial charge in [-0.15, -0.1) is 17.3 Å². The van der Waals surface area contributed by atoms with Crippen LogP contribution in [-0.4, -0.2) is 28.4 Å². The minimum Gasteiger partial charge on any atom is -0.493 e. The quantitative estimate of drug-likeness (QED) is 0.191. The van der Waals surface area contributed by atoms with Crippen LogP contribution >= 0.6 is 11.3 Å². The molecule has 4 aromatic rings. The third-order valence-electron chi connectivity index (χ3n) is 6.49. The molecule has 202 valence electrons. The van der Waals surface area contributed by atoms with Crippen LogP contribution in [0.1, 0.15) is 56.2 Å². The molecule has 0 fully saturated rings. The molecule has 0 aliphatic heterocycles. The molecule has 1 unspecified atom stereocenters. The van der Waals surface area contributed by atoms with Crippen molar-refractivity contribution in [1.82, 2.24) is 0 Å². The second-order valence-corrected chi connectivity index (χ2v) is 11.2. The normalized spacial score (nSPS) is 12.0. The summed E-state index contributed by atoms with van der Waals surface area (Å²) in [5.41, 5.74) is 4.67. The van der Waals surface area contributed by atoms with Gasteiger partial charge in [-0.05, 0) is 91.7 Å². The third-order valence-corrected chi connectivity index (χ3v) is 7.46. The summed E-state index contributed by atoms with van der Waals surface area (Å²) in [7, 11) is 0. The molecule has 5 nitrogen and oxygen atoms in total. The van der Waals surface area contributed by atoms with E-state index in [2.05, 4.69) is 48.4 Å². The number of rotatable bonds is 11. The lowest BCUT2D eigenvalue weighted by molar-refractivity contribution is -0.137. The fraction of sp³-hybridized carbons (Fsp3) is 0.303. The molecule has 0 aliphatic carbocycles. The monoisotopic (exact) mass is 542 g/mol. The molecular formula is C33H34O5S. The van der Waals surface area contributed by atoms with Gasteiger partial charge in [0.1, 0.15) is 18.1 Å². The van der Waals surface area contributed by atoms with Gasteiger partial charge in [-0.1, -0.05) is 30.2 Å². The topological polar surface area (TPSA) is 76.0 Å². The van der Waals surface area contributed by atoms with Gasteiger partial charge in [-0.2, -0.15) is 0 Å². The maximum atomic E-state index is 11.2. The maximum absolute atomic E-state index is 11.2. The molecule has 0 saturated heterocycles. The van der Waals surface area contributed by atoms with Gasteiger partial charge in [0.15, 0.2) is 0 Å². The number of thiophene rings is 1. The Morgan fingerprint density at radius 1 is 1.00 bits per heavy atom. The van der Waals surface area contributed by atoms with Crippen molar-refractivity contribution in [3.05, 3.63) is 82.7 Å². The van der Waals surface area contributed by atoms with Crippen LogP contribution in [0.15, 0.2) is 66.0 Å². The lowest BCUT2D eigenvalue weighted by atomic mass is 9.96. The van der Waals surface area contributed by atoms with Gasteiger partial charge in [0.2, 0.25) is 0 Å². The van der Waals surface area contributed by atoms with Crippen molar-refractivity contribution in [1.29, 1.82) is 0 Å². The number of carbonyl (C=O) groups is 1. The van der Waals surface area contributed by atoms with E-state index < -0.39 is 11.6 Å². The molecule has 0 spiro atoms. The fourth-order valence-electron chi connectivity index (χ4n) is 4.39. The summed E-state index contributed by atoms with van der Waals surface area (Å²) in [6.45, 7) is 8.26. The zero-order valence-corrected chi connectivity index (χ0v) is 23.6. The minimum atomic E-state index is -0.868. The molecule has 0 radical (unpaired) electrons. The number of aliphatic hydroxyl groups is 1. The van der Waals surface area contributed by atoms with E-state index in [0.717, 1.165) is 33.8 Å². The standard InChI is InChI=1S/C33H34O5S/c1-5-6-25(19-32(34)35)24-8-10-26(11-9-24)38-20-23-7-14-31-29(18-23)30(21-39-31)28-13-12-27(17-22(28)2)37-16-15-33(3,4)36/h7-14,17-18,21,25,36H,15-16,19-20H2,1-4H3,(H,34,35). The predicted molar refractivity (Wildman–Crippen MR) is 158 cm³/mol. The molecule has 0 amide bonds. The highest BCUT2D eigenvalue weighted by atomic mass is 32.1. The van der Waals surface area contributed by atoms with Gasteiger partial charge in [-0.25, -0.2) is 0 Å². The van der Waals surface area contributed by atoms with Gasteiger partial charge < -0.3 is 19.7 Å². The summed E-state index contributed by atoms with van der Waals surface area (Å²) in [6.07, 6.45) is 0.540. The molecular weight excluding hydrogens is 508 g/mol. The fourth-order valence-corrected chi connectivity index (χ4v) is 5.33. The number of aliphatic carboxylic acids is 1. The first-order valence-corrected chi connectivity index (χ1v) is 13.8. The highest BCUT2D eigenvalue weighted by Gasteiger charge is 2.15. The largest absolute Gasteiger partial charge is 0.493 e. The zero-order valence-electron chi connectivity index (χ0n) is 22.8. The van der Waals surface area contributed by atoms with E-state index >= 15 is 0 Å². The summed E-state index contributed by atoms with van der Waals surface area (Å²) in [5, 5.41) is 22.5. The van der Waals surface area contributed by atoms with Crippen LogP contribution in [-0.2, 0) is 11.4 Å². The van der Waals surface area contributed by atoms with Gasteiger partial charge in [0.05, 0.1) is 24.5 Å². The predicted octanol–water partition coefficient (Wildman–Crippen LogP) is 7.58. The molecule has 0 bridgehead atoms. The summed E-state index contributed by atoms with van der Waals surface area (Å²) in [5.74, 6) is 6.12. The van der Waals surface area contributed by atoms with Crippen molar-refractivity contribution in [2.45, 2.75) is 58.7 Å². The Labute approximate surface area is 234 Å². The summed E-state index contributed by atoms with van der Waals surface area (Å²) in [4.78, 5) is 11.2. The van der Waals surface area contributed by atoms with E-state index in [0.29, 0.717) is 19.6 Å². The average molecular weight is 543 g/mol. The van der Waals surface area contributed by atoms with E-state index in [9.17, 15) is 9.90 Å². The molecule has 1 aromatic heterocycles. The van der Waals surface area contributed by atoms with Gasteiger partial charge >= 0.3 is 5.97 Å². The van der Waals surface area contributed by atoms with Crippen molar-refractivity contribution in [2.75, 3.05) is 6.61 Å². The van der Waals surface area contributed by atoms with Crippen molar-refractivity contribution in [3.63, 3.8) is 0 Å². The molecule has 0 saturated carbocycles. The van der Waals surface area contributed by atoms with Crippen LogP contribution in [0.5, 0.6) is 11.5 Å². The Hall–Kier alpha value is -3.79. The lowest BCUT2D eigenvalue weighted by Crippen LogP contribution is -2.21. The highest BCUT2D eigenvalue weighted by Crippen LogP contribution is 2.37. The van der Waals surface area contributed by atoms with Gasteiger partial charge in [0.25, 0.3) is 0 Å². The Kier molecular flexibility index (Phi) is 8.96. The minimum absolute atomic E-state index is 0.0265. The number of fused-ring (bicyclic) bond motifs is 1. The Morgan fingerprint density at radius 3 is 2.41 bits per heavy atom. The second-order valence-electron chi connectivity index (χ2n) is 10.3. The van der Waals surface area contributed by atoms with E-state index in [1.54, 1.807) is 32.1 Å². The summed E-state index contributed by atoms with van der Waals surface area (Å²) in [6, 6.07) is 20.0. The Bertz CT molecular complexity index is 1500. The maximum Gasteiger partial charge on any atom is 0.304 e. The van der Waals surface area contributed by atoms with Crippen LogP contribution in [0.4, 0.5) is 0 Å². The van der Waals surface area contributed by atoms with Crippen LogP contribution in [0, 0.1) is 18.8 Å². The van der Waals surface area contributed by atoms with Crippen molar-refractivity contribution >= 4 is 27.4 Å². The molecule has 1 heterocycles. The van der Waals surface area contributed by atoms with E-state index in [1.165, 1.54) is 15.6 Å². The molecule has 1 atom stereocenters. The van der Waals surface area contributed by atoms with E-state index in [1.807, 2.05) is 36.4 Å². The molecule has 0 aliphatic rings. The van der Waals surface area contributed by atoms with Crippen molar-refractivity contribution < 1.29 is 24.5 Å². The average Bonchev–Trinajstić information content (AvgIpc) is 3.30. The zero-order chi connectivity index (χ0) is 28.0. The smallest absolute Gasteiger partial charge is 0.304 e. The second kappa shape index (κ2) is 12.4. The first-order valence-electron chi connectivity index (χ1n) is 13.0. The molecule has 39 heavy (non-hydrogen) atoms. The van der Waals surface area contributed by atoms with Crippen LogP contribution in [0.25, 0.3) is 21.2 Å². The van der Waals surface area contributed by atoms with E-state index in [4.69, 9.17) is 14.6 Å².